The lowest BCUT2D eigenvalue weighted by Gasteiger charge is -1.93. The highest BCUT2D eigenvalue weighted by molar-refractivity contribution is 7.80. The molecule has 0 aliphatic rings. The summed E-state index contributed by atoms with van der Waals surface area (Å²) < 4.78 is 8.81. The summed E-state index contributed by atoms with van der Waals surface area (Å²) >= 11 is 8.60. The van der Waals surface area contributed by atoms with Gasteiger partial charge >= 0.3 is 0 Å². The standard InChI is InChI=1S/C3H7NOS.C2H5NOS/c1-2-5-3(4)6;1-4-2(3)5/h2H2,1H3,(H2,4,6);1H3,(H2,3,5). The summed E-state index contributed by atoms with van der Waals surface area (Å²) in [6, 6.07) is 0. The first-order valence-corrected chi connectivity index (χ1v) is 3.61. The molecule has 4 N–H and O–H groups in total. The molecule has 0 radical (unpaired) electrons. The molecule has 0 spiro atoms. The van der Waals surface area contributed by atoms with Crippen molar-refractivity contribution in [3.63, 3.8) is 0 Å². The van der Waals surface area contributed by atoms with Crippen molar-refractivity contribution in [2.24, 2.45) is 11.5 Å². The van der Waals surface area contributed by atoms with Gasteiger partial charge in [-0.25, -0.2) is 0 Å². The van der Waals surface area contributed by atoms with Crippen molar-refractivity contribution in [3.8, 4) is 0 Å². The normalized spacial score (nSPS) is 7.09. The summed E-state index contributed by atoms with van der Waals surface area (Å²) in [5.41, 5.74) is 9.71. The fourth-order valence-corrected chi connectivity index (χ4v) is 0.260. The van der Waals surface area contributed by atoms with Gasteiger partial charge in [0.25, 0.3) is 10.3 Å². The van der Waals surface area contributed by atoms with Gasteiger partial charge in [0, 0.05) is 0 Å². The number of methoxy groups -OCH3 is 1. The van der Waals surface area contributed by atoms with Gasteiger partial charge < -0.3 is 20.9 Å². The molecular weight excluding hydrogens is 184 g/mol. The van der Waals surface area contributed by atoms with Gasteiger partial charge in [-0.1, -0.05) is 0 Å². The first kappa shape index (κ1) is 13.0. The number of nitrogens with two attached hydrogens (primary N) is 2. The molecular formula is C5H12N2O2S2. The van der Waals surface area contributed by atoms with Gasteiger partial charge in [-0.2, -0.15) is 0 Å². The summed E-state index contributed by atoms with van der Waals surface area (Å²) in [5, 5.41) is 0.211. The Kier molecular flexibility index (Phi) is 11.1. The summed E-state index contributed by atoms with van der Waals surface area (Å²) in [7, 11) is 1.43. The number of hydrogen-bond acceptors (Lipinski definition) is 4. The monoisotopic (exact) mass is 196 g/mol. The van der Waals surface area contributed by atoms with E-state index in [9.17, 15) is 0 Å². The van der Waals surface area contributed by atoms with Crippen LogP contribution in [0.1, 0.15) is 6.92 Å². The van der Waals surface area contributed by atoms with Gasteiger partial charge in [-0.15, -0.1) is 0 Å². The van der Waals surface area contributed by atoms with Gasteiger partial charge in [0.15, 0.2) is 0 Å². The molecule has 0 aromatic rings. The molecule has 0 heterocycles. The Balaban J connectivity index is 0. The third kappa shape index (κ3) is 26.6. The lowest BCUT2D eigenvalue weighted by atomic mass is 10.9. The van der Waals surface area contributed by atoms with Crippen molar-refractivity contribution in [1.82, 2.24) is 0 Å². The van der Waals surface area contributed by atoms with Crippen LogP contribution >= 0.6 is 24.4 Å². The van der Waals surface area contributed by atoms with E-state index in [0.29, 0.717) is 6.61 Å². The van der Waals surface area contributed by atoms with Crippen molar-refractivity contribution >= 4 is 34.8 Å². The highest BCUT2D eigenvalue weighted by Crippen LogP contribution is 1.67. The minimum Gasteiger partial charge on any atom is -0.475 e. The molecule has 0 bridgehead atoms. The molecule has 0 aromatic heterocycles. The molecule has 0 aliphatic carbocycles. The first-order chi connectivity index (χ1) is 5.04. The Hall–Kier alpha value is -0.620. The molecule has 0 aliphatic heterocycles. The fraction of sp³-hybridized carbons (Fsp3) is 0.600. The summed E-state index contributed by atoms with van der Waals surface area (Å²) in [6.45, 7) is 2.40. The number of hydrogen-bond donors (Lipinski definition) is 2. The highest BCUT2D eigenvalue weighted by atomic mass is 32.1. The van der Waals surface area contributed by atoms with E-state index in [4.69, 9.17) is 11.5 Å². The van der Waals surface area contributed by atoms with E-state index in [1.807, 2.05) is 6.92 Å². The Morgan fingerprint density at radius 3 is 1.64 bits per heavy atom. The van der Waals surface area contributed by atoms with Gasteiger partial charge in [0.1, 0.15) is 0 Å². The molecule has 0 aromatic carbocycles. The maximum atomic E-state index is 4.91. The number of rotatable bonds is 1. The van der Waals surface area contributed by atoms with Gasteiger partial charge in [0.05, 0.1) is 13.7 Å². The average molecular weight is 196 g/mol. The molecule has 6 heteroatoms. The van der Waals surface area contributed by atoms with Crippen LogP contribution in [0, 0.1) is 0 Å². The maximum absolute atomic E-state index is 4.91. The largest absolute Gasteiger partial charge is 0.475 e. The molecule has 0 fully saturated rings. The predicted octanol–water partition coefficient (Wildman–Crippen LogP) is 0.143. The van der Waals surface area contributed by atoms with Crippen LogP contribution in [0.5, 0.6) is 0 Å². The van der Waals surface area contributed by atoms with E-state index in [-0.39, 0.29) is 10.3 Å². The van der Waals surface area contributed by atoms with Crippen LogP contribution in [-0.4, -0.2) is 24.1 Å². The van der Waals surface area contributed by atoms with Crippen LogP contribution < -0.4 is 11.5 Å². The Morgan fingerprint density at radius 1 is 1.27 bits per heavy atom. The third-order valence-corrected chi connectivity index (χ3v) is 0.772. The molecule has 0 atom stereocenters. The van der Waals surface area contributed by atoms with E-state index < -0.39 is 0 Å². The van der Waals surface area contributed by atoms with Crippen LogP contribution in [0.3, 0.4) is 0 Å². The predicted molar refractivity (Wildman–Crippen MR) is 52.2 cm³/mol. The van der Waals surface area contributed by atoms with Crippen LogP contribution in [-0.2, 0) is 9.47 Å². The molecule has 0 unspecified atom stereocenters. The van der Waals surface area contributed by atoms with Crippen molar-refractivity contribution in [3.05, 3.63) is 0 Å². The Morgan fingerprint density at radius 2 is 1.64 bits per heavy atom. The van der Waals surface area contributed by atoms with E-state index in [2.05, 4.69) is 33.9 Å². The molecule has 0 saturated heterocycles. The molecule has 11 heavy (non-hydrogen) atoms. The quantitative estimate of drug-likeness (QED) is 0.581. The molecule has 0 amide bonds. The fourth-order valence-electron chi connectivity index (χ4n) is 0.142. The zero-order valence-electron chi connectivity index (χ0n) is 6.49. The van der Waals surface area contributed by atoms with Crippen LogP contribution in [0.25, 0.3) is 0 Å². The van der Waals surface area contributed by atoms with E-state index >= 15 is 0 Å². The minimum atomic E-state index is 0.0880. The maximum Gasteiger partial charge on any atom is 0.253 e. The van der Waals surface area contributed by atoms with Gasteiger partial charge in [-0.05, 0) is 31.4 Å². The molecule has 4 nitrogen and oxygen atoms in total. The molecule has 66 valence electrons. The molecule has 0 rings (SSSR count). The van der Waals surface area contributed by atoms with Crippen LogP contribution in [0.2, 0.25) is 0 Å². The second kappa shape index (κ2) is 9.38. The molecule has 0 saturated carbocycles. The van der Waals surface area contributed by atoms with Crippen molar-refractivity contribution in [1.29, 1.82) is 0 Å². The number of thiocarbonyl (C=S) groups is 2. The smallest absolute Gasteiger partial charge is 0.253 e. The van der Waals surface area contributed by atoms with Gasteiger partial charge in [0.2, 0.25) is 0 Å². The second-order valence-electron chi connectivity index (χ2n) is 1.28. The Bertz CT molecular complexity index is 130. The zero-order chi connectivity index (χ0) is 9.28. The van der Waals surface area contributed by atoms with E-state index in [0.717, 1.165) is 0 Å². The Labute approximate surface area is 76.8 Å². The second-order valence-corrected chi connectivity index (χ2v) is 2.08. The number of ether oxygens (including phenoxy) is 2. The van der Waals surface area contributed by atoms with Crippen molar-refractivity contribution in [2.75, 3.05) is 13.7 Å². The van der Waals surface area contributed by atoms with Crippen LogP contribution in [0.15, 0.2) is 0 Å². The third-order valence-electron chi connectivity index (χ3n) is 0.488. The zero-order valence-corrected chi connectivity index (χ0v) is 8.13. The van der Waals surface area contributed by atoms with E-state index in [1.54, 1.807) is 0 Å². The minimum absolute atomic E-state index is 0.0880. The topological polar surface area (TPSA) is 70.5 Å². The van der Waals surface area contributed by atoms with E-state index in [1.165, 1.54) is 7.11 Å². The summed E-state index contributed by atoms with van der Waals surface area (Å²) in [5.74, 6) is 0. The highest BCUT2D eigenvalue weighted by Gasteiger charge is 1.76. The summed E-state index contributed by atoms with van der Waals surface area (Å²) in [6.07, 6.45) is 0. The lowest BCUT2D eigenvalue weighted by Crippen LogP contribution is -2.11. The van der Waals surface area contributed by atoms with Crippen molar-refractivity contribution < 1.29 is 9.47 Å². The van der Waals surface area contributed by atoms with Crippen LogP contribution in [0.4, 0.5) is 0 Å². The lowest BCUT2D eigenvalue weighted by molar-refractivity contribution is 0.331. The van der Waals surface area contributed by atoms with Crippen molar-refractivity contribution in [2.45, 2.75) is 6.92 Å². The average Bonchev–Trinajstić information content (AvgIpc) is 1.89. The first-order valence-electron chi connectivity index (χ1n) is 2.80. The van der Waals surface area contributed by atoms with Gasteiger partial charge in [-0.3, -0.25) is 0 Å². The SMILES string of the molecule is CCOC(N)=S.COC(N)=S. The summed E-state index contributed by atoms with van der Waals surface area (Å²) in [4.78, 5) is 0.